The molecule has 1 atom stereocenters. The molecule has 26 heavy (non-hydrogen) atoms. The number of hydrogen-bond donors (Lipinski definition) is 1. The van der Waals surface area contributed by atoms with Crippen LogP contribution in [0.4, 0.5) is 0 Å². The zero-order chi connectivity index (χ0) is 18.0. The number of carbonyl (C=O) groups excluding carboxylic acids is 1. The maximum absolute atomic E-state index is 12.3. The molecule has 5 nitrogen and oxygen atoms in total. The van der Waals surface area contributed by atoms with E-state index in [0.29, 0.717) is 18.9 Å². The van der Waals surface area contributed by atoms with Gasteiger partial charge in [0.1, 0.15) is 0 Å². The second-order valence-electron chi connectivity index (χ2n) is 8.02. The molecule has 0 unspecified atom stereocenters. The van der Waals surface area contributed by atoms with Gasteiger partial charge < -0.3 is 14.6 Å². The third kappa shape index (κ3) is 3.64. The van der Waals surface area contributed by atoms with E-state index in [1.807, 2.05) is 11.1 Å². The van der Waals surface area contributed by atoms with Crippen molar-refractivity contribution < 1.29 is 9.53 Å². The number of carbonyl (C=O) groups is 1. The Kier molecular flexibility index (Phi) is 5.00. The van der Waals surface area contributed by atoms with Gasteiger partial charge in [0.15, 0.2) is 0 Å². The predicted molar refractivity (Wildman–Crippen MR) is 103 cm³/mol. The van der Waals surface area contributed by atoms with Gasteiger partial charge in [-0.2, -0.15) is 0 Å². The average molecular weight is 355 g/mol. The van der Waals surface area contributed by atoms with Crippen LogP contribution in [0.3, 0.4) is 0 Å². The number of ether oxygens (including phenoxy) is 1. The van der Waals surface area contributed by atoms with Crippen LogP contribution in [0.25, 0.3) is 10.9 Å². The number of benzene rings is 1. The van der Waals surface area contributed by atoms with E-state index in [1.165, 1.54) is 29.3 Å². The van der Waals surface area contributed by atoms with Gasteiger partial charge in [-0.3, -0.25) is 9.69 Å². The van der Waals surface area contributed by atoms with Crippen LogP contribution < -0.4 is 0 Å². The molecule has 4 rings (SSSR count). The summed E-state index contributed by atoms with van der Waals surface area (Å²) in [5.41, 5.74) is 2.83. The third-order valence-electron chi connectivity index (χ3n) is 6.08. The Balaban J connectivity index is 1.43. The van der Waals surface area contributed by atoms with Crippen LogP contribution >= 0.6 is 0 Å². The van der Waals surface area contributed by atoms with E-state index in [0.717, 1.165) is 39.1 Å². The molecule has 0 radical (unpaired) electrons. The van der Waals surface area contributed by atoms with Crippen molar-refractivity contribution in [2.75, 3.05) is 39.9 Å². The molecule has 3 heterocycles. The maximum Gasteiger partial charge on any atom is 0.222 e. The molecule has 5 heteroatoms. The molecule has 140 valence electrons. The van der Waals surface area contributed by atoms with Crippen molar-refractivity contribution in [2.24, 2.45) is 5.41 Å². The first-order valence-electron chi connectivity index (χ1n) is 9.73. The fourth-order valence-corrected chi connectivity index (χ4v) is 4.75. The molecule has 2 aliphatic rings. The van der Waals surface area contributed by atoms with Gasteiger partial charge in [0.25, 0.3) is 0 Å². The molecule has 0 bridgehead atoms. The monoisotopic (exact) mass is 355 g/mol. The maximum atomic E-state index is 12.3. The lowest BCUT2D eigenvalue weighted by molar-refractivity contribution is -0.140. The van der Waals surface area contributed by atoms with Crippen molar-refractivity contribution in [2.45, 2.75) is 32.2 Å². The van der Waals surface area contributed by atoms with Crippen molar-refractivity contribution in [1.82, 2.24) is 14.8 Å². The van der Waals surface area contributed by atoms with E-state index in [1.54, 1.807) is 7.11 Å². The van der Waals surface area contributed by atoms with Gasteiger partial charge in [0.05, 0.1) is 6.61 Å². The number of hydrogen-bond acceptors (Lipinski definition) is 3. The van der Waals surface area contributed by atoms with Gasteiger partial charge in [0.2, 0.25) is 5.91 Å². The number of H-pyrrole nitrogens is 1. The lowest BCUT2D eigenvalue weighted by Crippen LogP contribution is -2.54. The molecule has 0 aliphatic carbocycles. The normalized spacial score (nSPS) is 24.7. The third-order valence-corrected chi connectivity index (χ3v) is 6.08. The van der Waals surface area contributed by atoms with Crippen LogP contribution in [-0.2, 0) is 16.1 Å². The minimum Gasteiger partial charge on any atom is -0.383 e. The summed E-state index contributed by atoms with van der Waals surface area (Å²) in [6.07, 6.45) is 6.17. The quantitative estimate of drug-likeness (QED) is 0.897. The Morgan fingerprint density at radius 2 is 2.15 bits per heavy atom. The highest BCUT2D eigenvalue weighted by atomic mass is 16.5. The highest BCUT2D eigenvalue weighted by Crippen LogP contribution is 2.39. The average Bonchev–Trinajstić information content (AvgIpc) is 3.11. The van der Waals surface area contributed by atoms with Crippen molar-refractivity contribution in [1.29, 1.82) is 0 Å². The van der Waals surface area contributed by atoms with Gasteiger partial charge >= 0.3 is 0 Å². The van der Waals surface area contributed by atoms with E-state index in [9.17, 15) is 4.79 Å². The number of aromatic amines is 1. The molecule has 2 aliphatic heterocycles. The smallest absolute Gasteiger partial charge is 0.222 e. The molecule has 1 aromatic heterocycles. The zero-order valence-corrected chi connectivity index (χ0v) is 15.7. The topological polar surface area (TPSA) is 48.6 Å². The molecule has 1 spiro atoms. The van der Waals surface area contributed by atoms with Crippen molar-refractivity contribution in [3.63, 3.8) is 0 Å². The first-order valence-corrected chi connectivity index (χ1v) is 9.73. The van der Waals surface area contributed by atoms with Crippen LogP contribution in [0.15, 0.2) is 30.5 Å². The lowest BCUT2D eigenvalue weighted by atomic mass is 9.73. The summed E-state index contributed by atoms with van der Waals surface area (Å²) in [6.45, 7) is 5.48. The number of likely N-dealkylation sites (tertiary alicyclic amines) is 2. The molecule has 2 saturated heterocycles. The molecule has 2 aromatic rings. The highest BCUT2D eigenvalue weighted by molar-refractivity contribution is 5.80. The van der Waals surface area contributed by atoms with Crippen LogP contribution in [0.2, 0.25) is 0 Å². The van der Waals surface area contributed by atoms with Crippen molar-refractivity contribution in [3.05, 3.63) is 36.0 Å². The van der Waals surface area contributed by atoms with Gasteiger partial charge in [-0.15, -0.1) is 0 Å². The standard InChI is InChI=1S/C21H29N3O2/c1-26-12-11-24-16-21(8-5-20(24)25)7-2-10-23(15-21)14-17-3-4-19-18(13-17)6-9-22-19/h3-4,6,9,13,22H,2,5,7-8,10-12,14-16H2,1H3/t21-/m1/s1. The van der Waals surface area contributed by atoms with Crippen LogP contribution in [0.1, 0.15) is 31.2 Å². The molecular formula is C21H29N3O2. The Morgan fingerprint density at radius 3 is 3.04 bits per heavy atom. The van der Waals surface area contributed by atoms with E-state index in [2.05, 4.69) is 34.1 Å². The highest BCUT2D eigenvalue weighted by Gasteiger charge is 2.41. The lowest BCUT2D eigenvalue weighted by Gasteiger charge is -2.48. The van der Waals surface area contributed by atoms with Crippen LogP contribution in [0.5, 0.6) is 0 Å². The second-order valence-corrected chi connectivity index (χ2v) is 8.02. The summed E-state index contributed by atoms with van der Waals surface area (Å²) in [7, 11) is 1.70. The van der Waals surface area contributed by atoms with E-state index in [4.69, 9.17) is 4.74 Å². The predicted octanol–water partition coefficient (Wildman–Crippen LogP) is 3.02. The number of fused-ring (bicyclic) bond motifs is 1. The van der Waals surface area contributed by atoms with Crippen LogP contribution in [-0.4, -0.2) is 60.6 Å². The SMILES string of the molecule is COCCN1C[C@]2(CCCN(Cc3ccc4[nH]ccc4c3)C2)CCC1=O. The summed E-state index contributed by atoms with van der Waals surface area (Å²) < 4.78 is 5.19. The molecule has 2 fully saturated rings. The molecular weight excluding hydrogens is 326 g/mol. The fourth-order valence-electron chi connectivity index (χ4n) is 4.75. The second kappa shape index (κ2) is 7.41. The zero-order valence-electron chi connectivity index (χ0n) is 15.7. The number of amides is 1. The van der Waals surface area contributed by atoms with Gasteiger partial charge in [-0.1, -0.05) is 6.07 Å². The number of nitrogens with one attached hydrogen (secondary N) is 1. The van der Waals surface area contributed by atoms with E-state index < -0.39 is 0 Å². The van der Waals surface area contributed by atoms with E-state index in [-0.39, 0.29) is 5.41 Å². The number of nitrogens with zero attached hydrogens (tertiary/aromatic N) is 2. The first kappa shape index (κ1) is 17.6. The number of piperidine rings is 2. The van der Waals surface area contributed by atoms with Crippen molar-refractivity contribution >= 4 is 16.8 Å². The first-order chi connectivity index (χ1) is 12.7. The number of methoxy groups -OCH3 is 1. The number of rotatable bonds is 5. The minimum atomic E-state index is 0.262. The Bertz CT molecular complexity index is 771. The summed E-state index contributed by atoms with van der Waals surface area (Å²) >= 11 is 0. The van der Waals surface area contributed by atoms with Crippen LogP contribution in [0, 0.1) is 5.41 Å². The van der Waals surface area contributed by atoms with Gasteiger partial charge in [0, 0.05) is 56.8 Å². The van der Waals surface area contributed by atoms with E-state index >= 15 is 0 Å². The molecule has 0 saturated carbocycles. The number of aromatic nitrogens is 1. The van der Waals surface area contributed by atoms with Crippen molar-refractivity contribution in [3.8, 4) is 0 Å². The minimum absolute atomic E-state index is 0.262. The molecule has 1 amide bonds. The summed E-state index contributed by atoms with van der Waals surface area (Å²) in [4.78, 5) is 20.1. The summed E-state index contributed by atoms with van der Waals surface area (Å²) in [5, 5.41) is 1.28. The fraction of sp³-hybridized carbons (Fsp3) is 0.571. The molecule has 1 N–H and O–H groups in total. The summed E-state index contributed by atoms with van der Waals surface area (Å²) in [6, 6.07) is 8.84. The van der Waals surface area contributed by atoms with Gasteiger partial charge in [-0.05, 0) is 55.0 Å². The molecule has 1 aromatic carbocycles. The van der Waals surface area contributed by atoms with Gasteiger partial charge in [-0.25, -0.2) is 0 Å². The Labute approximate surface area is 155 Å². The Hall–Kier alpha value is -1.85. The summed E-state index contributed by atoms with van der Waals surface area (Å²) in [5.74, 6) is 0.294. The Morgan fingerprint density at radius 1 is 1.23 bits per heavy atom. The largest absolute Gasteiger partial charge is 0.383 e.